The molecule has 88 valence electrons. The zero-order chi connectivity index (χ0) is 11.5. The molecule has 0 radical (unpaired) electrons. The van der Waals surface area contributed by atoms with E-state index in [1.807, 2.05) is 6.92 Å². The van der Waals surface area contributed by atoms with Gasteiger partial charge in [0.1, 0.15) is 12.6 Å². The quantitative estimate of drug-likeness (QED) is 0.410. The van der Waals surface area contributed by atoms with E-state index >= 15 is 0 Å². The Bertz CT molecular complexity index is 368. The fourth-order valence-corrected chi connectivity index (χ4v) is 1.42. The number of aromatic nitrogens is 3. The Morgan fingerprint density at radius 2 is 2.56 bits per heavy atom. The first kappa shape index (κ1) is 10.8. The van der Waals surface area contributed by atoms with Gasteiger partial charge in [0.2, 0.25) is 0 Å². The van der Waals surface area contributed by atoms with Crippen LogP contribution in [0.3, 0.4) is 0 Å². The van der Waals surface area contributed by atoms with Gasteiger partial charge in [0.05, 0.1) is 6.61 Å². The maximum absolute atomic E-state index is 10.4. The summed E-state index contributed by atoms with van der Waals surface area (Å²) in [5.74, 6) is -0.428. The molecule has 8 heteroatoms. The molecular weight excluding hydrogens is 216 g/mol. The average molecular weight is 228 g/mol. The molecule has 1 aliphatic heterocycles. The lowest BCUT2D eigenvalue weighted by atomic mass is 10.4. The van der Waals surface area contributed by atoms with Crippen molar-refractivity contribution in [1.29, 1.82) is 0 Å². The van der Waals surface area contributed by atoms with Gasteiger partial charge in [0, 0.05) is 11.7 Å². The van der Waals surface area contributed by atoms with Crippen molar-refractivity contribution in [2.75, 3.05) is 13.2 Å². The molecule has 16 heavy (non-hydrogen) atoms. The number of nitro groups is 1. The number of hydrogen-bond donors (Lipinski definition) is 0. The number of hydrogen-bond acceptors (Lipinski definition) is 6. The highest BCUT2D eigenvalue weighted by molar-refractivity contribution is 5.11. The minimum Gasteiger partial charge on any atom is -0.443 e. The van der Waals surface area contributed by atoms with Crippen LogP contribution in [0.2, 0.25) is 0 Å². The molecule has 0 aromatic carbocycles. The summed E-state index contributed by atoms with van der Waals surface area (Å²) >= 11 is 0. The SMILES string of the molecule is CCCOCC1Cn2nc([N+](=O)[O-])nc2O1. The molecule has 2 heterocycles. The predicted octanol–water partition coefficient (Wildman–Crippen LogP) is 0.374. The highest BCUT2D eigenvalue weighted by Crippen LogP contribution is 2.21. The molecule has 0 spiro atoms. The smallest absolute Gasteiger partial charge is 0.443 e. The highest BCUT2D eigenvalue weighted by atomic mass is 16.6. The van der Waals surface area contributed by atoms with Gasteiger partial charge in [-0.1, -0.05) is 6.92 Å². The fourth-order valence-electron chi connectivity index (χ4n) is 1.42. The Morgan fingerprint density at radius 3 is 3.19 bits per heavy atom. The van der Waals surface area contributed by atoms with Crippen molar-refractivity contribution in [3.63, 3.8) is 0 Å². The van der Waals surface area contributed by atoms with E-state index in [1.165, 1.54) is 4.68 Å². The molecule has 0 bridgehead atoms. The largest absolute Gasteiger partial charge is 0.494 e. The maximum atomic E-state index is 10.4. The summed E-state index contributed by atoms with van der Waals surface area (Å²) in [6, 6.07) is 0.191. The van der Waals surface area contributed by atoms with Crippen LogP contribution < -0.4 is 4.74 Å². The van der Waals surface area contributed by atoms with Crippen LogP contribution in [-0.4, -0.2) is 39.0 Å². The third kappa shape index (κ3) is 2.11. The molecule has 1 atom stereocenters. The number of fused-ring (bicyclic) bond motifs is 1. The van der Waals surface area contributed by atoms with E-state index in [0.717, 1.165) is 6.42 Å². The van der Waals surface area contributed by atoms with Gasteiger partial charge in [-0.25, -0.2) is 0 Å². The van der Waals surface area contributed by atoms with E-state index in [4.69, 9.17) is 9.47 Å². The third-order valence-electron chi connectivity index (χ3n) is 2.09. The lowest BCUT2D eigenvalue weighted by Crippen LogP contribution is -2.22. The van der Waals surface area contributed by atoms with E-state index in [1.54, 1.807) is 0 Å². The summed E-state index contributed by atoms with van der Waals surface area (Å²) in [6.45, 7) is 3.59. The van der Waals surface area contributed by atoms with Gasteiger partial charge in [-0.2, -0.15) is 0 Å². The second-order valence-corrected chi connectivity index (χ2v) is 3.45. The lowest BCUT2D eigenvalue weighted by molar-refractivity contribution is -0.394. The van der Waals surface area contributed by atoms with Gasteiger partial charge in [0.25, 0.3) is 0 Å². The minimum atomic E-state index is -0.642. The zero-order valence-electron chi connectivity index (χ0n) is 8.83. The summed E-state index contributed by atoms with van der Waals surface area (Å²) in [4.78, 5) is 13.4. The zero-order valence-corrected chi connectivity index (χ0v) is 8.83. The minimum absolute atomic E-state index is 0.151. The molecule has 1 aromatic rings. The van der Waals surface area contributed by atoms with Gasteiger partial charge in [-0.05, 0) is 16.3 Å². The van der Waals surface area contributed by atoms with Gasteiger partial charge < -0.3 is 19.6 Å². The normalized spacial score (nSPS) is 18.2. The molecular formula is C8H12N4O4. The number of rotatable bonds is 5. The van der Waals surface area contributed by atoms with Crippen LogP contribution in [0.4, 0.5) is 5.95 Å². The second-order valence-electron chi connectivity index (χ2n) is 3.45. The van der Waals surface area contributed by atoms with Crippen molar-refractivity contribution in [2.24, 2.45) is 0 Å². The Hall–Kier alpha value is -1.70. The third-order valence-corrected chi connectivity index (χ3v) is 2.09. The van der Waals surface area contributed by atoms with Crippen molar-refractivity contribution in [2.45, 2.75) is 26.0 Å². The van der Waals surface area contributed by atoms with Crippen LogP contribution in [0.5, 0.6) is 6.01 Å². The van der Waals surface area contributed by atoms with Crippen LogP contribution in [-0.2, 0) is 11.3 Å². The maximum Gasteiger partial charge on any atom is 0.494 e. The van der Waals surface area contributed by atoms with E-state index in [-0.39, 0.29) is 12.1 Å². The van der Waals surface area contributed by atoms with Crippen molar-refractivity contribution in [3.05, 3.63) is 10.1 Å². The monoisotopic (exact) mass is 228 g/mol. The summed E-state index contributed by atoms with van der Waals surface area (Å²) in [6.07, 6.45) is 0.795. The predicted molar refractivity (Wildman–Crippen MR) is 52.2 cm³/mol. The standard InChI is InChI=1S/C8H12N4O4/c1-2-3-15-5-6-4-11-8(16-6)9-7(10-11)12(13)14/h6H,2-5H2,1H3. The summed E-state index contributed by atoms with van der Waals surface area (Å²) in [5.41, 5.74) is 0. The highest BCUT2D eigenvalue weighted by Gasteiger charge is 2.33. The summed E-state index contributed by atoms with van der Waals surface area (Å²) in [7, 11) is 0. The molecule has 0 N–H and O–H groups in total. The Kier molecular flexibility index (Phi) is 3.00. The first-order valence-electron chi connectivity index (χ1n) is 5.04. The molecule has 0 amide bonds. The van der Waals surface area contributed by atoms with Crippen molar-refractivity contribution in [3.8, 4) is 6.01 Å². The van der Waals surface area contributed by atoms with Crippen LogP contribution in [0.15, 0.2) is 0 Å². The number of ether oxygens (including phenoxy) is 2. The molecule has 0 saturated heterocycles. The summed E-state index contributed by atoms with van der Waals surface area (Å²) < 4.78 is 12.0. The molecule has 8 nitrogen and oxygen atoms in total. The molecule has 2 rings (SSSR count). The fraction of sp³-hybridized carbons (Fsp3) is 0.750. The molecule has 0 fully saturated rings. The van der Waals surface area contributed by atoms with Crippen molar-refractivity contribution < 1.29 is 14.4 Å². The molecule has 0 aliphatic carbocycles. The summed E-state index contributed by atoms with van der Waals surface area (Å²) in [5, 5.41) is 14.1. The van der Waals surface area contributed by atoms with Crippen LogP contribution in [0, 0.1) is 10.1 Å². The topological polar surface area (TPSA) is 92.3 Å². The molecule has 0 saturated carbocycles. The average Bonchev–Trinajstić information content (AvgIpc) is 2.75. The Labute approximate surface area is 91.3 Å². The van der Waals surface area contributed by atoms with Crippen molar-refractivity contribution >= 4 is 5.95 Å². The first-order chi connectivity index (χ1) is 7.70. The van der Waals surface area contributed by atoms with Gasteiger partial charge in [-0.3, -0.25) is 0 Å². The molecule has 1 aliphatic rings. The van der Waals surface area contributed by atoms with Gasteiger partial charge >= 0.3 is 12.0 Å². The van der Waals surface area contributed by atoms with Crippen LogP contribution in [0.1, 0.15) is 13.3 Å². The van der Waals surface area contributed by atoms with Crippen LogP contribution >= 0.6 is 0 Å². The van der Waals surface area contributed by atoms with E-state index in [2.05, 4.69) is 10.1 Å². The van der Waals surface area contributed by atoms with Crippen molar-refractivity contribution in [1.82, 2.24) is 14.8 Å². The van der Waals surface area contributed by atoms with E-state index < -0.39 is 10.9 Å². The van der Waals surface area contributed by atoms with Gasteiger partial charge in [-0.15, -0.1) is 4.68 Å². The van der Waals surface area contributed by atoms with E-state index in [9.17, 15) is 10.1 Å². The van der Waals surface area contributed by atoms with E-state index in [0.29, 0.717) is 19.8 Å². The van der Waals surface area contributed by atoms with Gasteiger partial charge in [0.15, 0.2) is 0 Å². The second kappa shape index (κ2) is 4.44. The molecule has 1 aromatic heterocycles. The lowest BCUT2D eigenvalue weighted by Gasteiger charge is -2.07. The Morgan fingerprint density at radius 1 is 1.75 bits per heavy atom. The Balaban J connectivity index is 1.90. The first-order valence-corrected chi connectivity index (χ1v) is 5.04. The van der Waals surface area contributed by atoms with Crippen LogP contribution in [0.25, 0.3) is 0 Å². The number of nitrogens with zero attached hydrogens (tertiary/aromatic N) is 4. The molecule has 1 unspecified atom stereocenters.